The molecule has 4 nitrogen and oxygen atoms in total. The van der Waals surface area contributed by atoms with Gasteiger partial charge in [0.25, 0.3) is 0 Å². The lowest BCUT2D eigenvalue weighted by molar-refractivity contribution is 0.0912. The second-order valence-electron chi connectivity index (χ2n) is 8.11. The zero-order valence-corrected chi connectivity index (χ0v) is 15.2. The molecule has 3 fully saturated rings. The van der Waals surface area contributed by atoms with Gasteiger partial charge in [0, 0.05) is 24.8 Å². The second kappa shape index (κ2) is 7.17. The van der Waals surface area contributed by atoms with Crippen molar-refractivity contribution >= 4 is 5.84 Å². The average Bonchev–Trinajstić information content (AvgIpc) is 2.91. The first-order valence-electron chi connectivity index (χ1n) is 10.2. The lowest BCUT2D eigenvalue weighted by atomic mass is 9.79. The van der Waals surface area contributed by atoms with E-state index in [4.69, 9.17) is 9.73 Å². The predicted octanol–water partition coefficient (Wildman–Crippen LogP) is 3.39. The van der Waals surface area contributed by atoms with E-state index in [1.165, 1.54) is 69.3 Å². The van der Waals surface area contributed by atoms with Gasteiger partial charge in [-0.05, 0) is 89.3 Å². The van der Waals surface area contributed by atoms with E-state index in [9.17, 15) is 0 Å². The van der Waals surface area contributed by atoms with E-state index in [1.54, 1.807) is 5.57 Å². The molecule has 2 aliphatic heterocycles. The Balaban J connectivity index is 1.45. The molecule has 24 heavy (non-hydrogen) atoms. The molecule has 2 aliphatic carbocycles. The molecular formula is C20H33N3O. The van der Waals surface area contributed by atoms with E-state index in [0.29, 0.717) is 5.92 Å². The molecule has 2 N–H and O–H groups in total. The third-order valence-corrected chi connectivity index (χ3v) is 6.59. The normalized spacial score (nSPS) is 32.5. The minimum absolute atomic E-state index is 0.0957. The first kappa shape index (κ1) is 16.6. The molecule has 0 amide bonds. The van der Waals surface area contributed by atoms with Crippen LogP contribution in [0.25, 0.3) is 0 Å². The number of piperidine rings is 1. The van der Waals surface area contributed by atoms with Crippen LogP contribution in [0.5, 0.6) is 0 Å². The quantitative estimate of drug-likeness (QED) is 0.830. The minimum atomic E-state index is 0.0957. The molecule has 2 saturated carbocycles. The topological polar surface area (TPSA) is 45.6 Å². The molecule has 1 spiro atoms. The number of hydrogen-bond acceptors (Lipinski definition) is 4. The summed E-state index contributed by atoms with van der Waals surface area (Å²) in [5, 5.41) is 7.37. The van der Waals surface area contributed by atoms with Gasteiger partial charge < -0.3 is 15.4 Å². The van der Waals surface area contributed by atoms with Gasteiger partial charge in [-0.3, -0.25) is 4.99 Å². The Morgan fingerprint density at radius 1 is 1.12 bits per heavy atom. The molecule has 4 rings (SSSR count). The Kier molecular flexibility index (Phi) is 4.95. The molecule has 2 heterocycles. The highest BCUT2D eigenvalue weighted by Crippen LogP contribution is 2.43. The maximum absolute atomic E-state index is 5.63. The average molecular weight is 332 g/mol. The summed E-state index contributed by atoms with van der Waals surface area (Å²) in [4.78, 5) is 5.35. The van der Waals surface area contributed by atoms with Crippen molar-refractivity contribution in [2.75, 3.05) is 26.3 Å². The summed E-state index contributed by atoms with van der Waals surface area (Å²) >= 11 is 0. The number of nitrogens with zero attached hydrogens (tertiary/aromatic N) is 1. The highest BCUT2D eigenvalue weighted by molar-refractivity contribution is 5.90. The van der Waals surface area contributed by atoms with Gasteiger partial charge in [0.2, 0.25) is 0 Å². The SMILES string of the molecule is CCOCC1CCC(C2=NC3(CCNCC3)C(=C3CCC3)N2)CC1. The molecule has 134 valence electrons. The molecule has 1 saturated heterocycles. The summed E-state index contributed by atoms with van der Waals surface area (Å²) in [5.74, 6) is 2.73. The predicted molar refractivity (Wildman–Crippen MR) is 98.2 cm³/mol. The summed E-state index contributed by atoms with van der Waals surface area (Å²) in [5.41, 5.74) is 3.28. The van der Waals surface area contributed by atoms with Gasteiger partial charge in [0.05, 0.1) is 0 Å². The maximum atomic E-state index is 5.63. The van der Waals surface area contributed by atoms with Crippen molar-refractivity contribution in [1.29, 1.82) is 0 Å². The van der Waals surface area contributed by atoms with E-state index in [2.05, 4.69) is 17.6 Å². The molecule has 0 aromatic heterocycles. The van der Waals surface area contributed by atoms with E-state index in [-0.39, 0.29) is 5.54 Å². The zero-order valence-electron chi connectivity index (χ0n) is 15.2. The number of nitrogens with one attached hydrogen (secondary N) is 2. The third-order valence-electron chi connectivity index (χ3n) is 6.59. The van der Waals surface area contributed by atoms with Crippen LogP contribution in [0.3, 0.4) is 0 Å². The largest absolute Gasteiger partial charge is 0.381 e. The van der Waals surface area contributed by atoms with Crippen LogP contribution in [0.1, 0.15) is 64.7 Å². The fourth-order valence-corrected chi connectivity index (χ4v) is 4.86. The van der Waals surface area contributed by atoms with Crippen LogP contribution in [0, 0.1) is 11.8 Å². The monoisotopic (exact) mass is 331 g/mol. The molecule has 0 aromatic rings. The molecule has 0 atom stereocenters. The van der Waals surface area contributed by atoms with Gasteiger partial charge >= 0.3 is 0 Å². The summed E-state index contributed by atoms with van der Waals surface area (Å²) < 4.78 is 5.63. The van der Waals surface area contributed by atoms with Crippen molar-refractivity contribution in [3.63, 3.8) is 0 Å². The van der Waals surface area contributed by atoms with E-state index >= 15 is 0 Å². The highest BCUT2D eigenvalue weighted by atomic mass is 16.5. The van der Waals surface area contributed by atoms with E-state index in [0.717, 1.165) is 32.2 Å². The molecule has 4 aliphatic rings. The number of allylic oxidation sites excluding steroid dienone is 1. The van der Waals surface area contributed by atoms with Gasteiger partial charge in [-0.1, -0.05) is 0 Å². The Morgan fingerprint density at radius 2 is 1.88 bits per heavy atom. The Labute approximate surface area is 146 Å². The van der Waals surface area contributed by atoms with Gasteiger partial charge in [0.15, 0.2) is 0 Å². The van der Waals surface area contributed by atoms with Crippen molar-refractivity contribution in [3.05, 3.63) is 11.3 Å². The number of rotatable bonds is 4. The van der Waals surface area contributed by atoms with Crippen LogP contribution in [-0.4, -0.2) is 37.7 Å². The fraction of sp³-hybridized carbons (Fsp3) is 0.850. The number of amidine groups is 1. The first-order valence-corrected chi connectivity index (χ1v) is 10.2. The Hall–Kier alpha value is -0.870. The van der Waals surface area contributed by atoms with Gasteiger partial charge in [0.1, 0.15) is 11.4 Å². The summed E-state index contributed by atoms with van der Waals surface area (Å²) in [6.07, 6.45) is 11.4. The second-order valence-corrected chi connectivity index (χ2v) is 8.11. The van der Waals surface area contributed by atoms with Crippen LogP contribution < -0.4 is 10.6 Å². The van der Waals surface area contributed by atoms with Crippen molar-refractivity contribution < 1.29 is 4.74 Å². The smallest absolute Gasteiger partial charge is 0.105 e. The van der Waals surface area contributed by atoms with Crippen LogP contribution >= 0.6 is 0 Å². The standard InChI is InChI=1S/C20H33N3O/c1-2-24-14-15-6-8-17(9-7-15)19-22-18(16-4-3-5-16)20(23-19)10-12-21-13-11-20/h15,17,21H,2-14H2,1H3,(H,22,23). The molecular weight excluding hydrogens is 298 g/mol. The van der Waals surface area contributed by atoms with Crippen molar-refractivity contribution in [1.82, 2.24) is 10.6 Å². The van der Waals surface area contributed by atoms with Gasteiger partial charge in [-0.25, -0.2) is 0 Å². The highest BCUT2D eigenvalue weighted by Gasteiger charge is 2.44. The van der Waals surface area contributed by atoms with E-state index in [1.807, 2.05) is 0 Å². The van der Waals surface area contributed by atoms with Crippen molar-refractivity contribution in [2.45, 2.75) is 70.3 Å². The lowest BCUT2D eigenvalue weighted by Gasteiger charge is -2.35. The fourth-order valence-electron chi connectivity index (χ4n) is 4.86. The molecule has 0 unspecified atom stereocenters. The molecule has 0 aromatic carbocycles. The number of ether oxygens (including phenoxy) is 1. The summed E-state index contributed by atoms with van der Waals surface area (Å²) in [6.45, 7) is 6.11. The summed E-state index contributed by atoms with van der Waals surface area (Å²) in [6, 6.07) is 0. The Morgan fingerprint density at radius 3 is 2.50 bits per heavy atom. The molecule has 0 radical (unpaired) electrons. The first-order chi connectivity index (χ1) is 11.8. The van der Waals surface area contributed by atoms with Crippen LogP contribution in [0.15, 0.2) is 16.3 Å². The number of aliphatic imine (C=N–C) groups is 1. The molecule has 0 bridgehead atoms. The number of hydrogen-bond donors (Lipinski definition) is 2. The van der Waals surface area contributed by atoms with Gasteiger partial charge in [-0.2, -0.15) is 0 Å². The van der Waals surface area contributed by atoms with Crippen LogP contribution in [-0.2, 0) is 4.74 Å². The lowest BCUT2D eigenvalue weighted by Crippen LogP contribution is -2.43. The van der Waals surface area contributed by atoms with E-state index < -0.39 is 0 Å². The minimum Gasteiger partial charge on any atom is -0.381 e. The molecule has 4 heteroatoms. The third kappa shape index (κ3) is 3.15. The summed E-state index contributed by atoms with van der Waals surface area (Å²) in [7, 11) is 0. The van der Waals surface area contributed by atoms with Gasteiger partial charge in [-0.15, -0.1) is 0 Å². The zero-order chi connectivity index (χ0) is 16.4. The van der Waals surface area contributed by atoms with Crippen LogP contribution in [0.2, 0.25) is 0 Å². The Bertz CT molecular complexity index is 505. The van der Waals surface area contributed by atoms with Crippen LogP contribution in [0.4, 0.5) is 0 Å². The van der Waals surface area contributed by atoms with Crippen molar-refractivity contribution in [2.24, 2.45) is 16.8 Å². The van der Waals surface area contributed by atoms with Crippen molar-refractivity contribution in [3.8, 4) is 0 Å². The maximum Gasteiger partial charge on any atom is 0.105 e.